The molecule has 3 aliphatic carbocycles. The topological polar surface area (TPSA) is 49.4 Å². The fourth-order valence-corrected chi connectivity index (χ4v) is 7.97. The summed E-state index contributed by atoms with van der Waals surface area (Å²) in [7, 11) is 1.71. The van der Waals surface area contributed by atoms with Crippen LogP contribution in [0.5, 0.6) is 0 Å². The Morgan fingerprint density at radius 1 is 1.12 bits per heavy atom. The summed E-state index contributed by atoms with van der Waals surface area (Å²) in [6, 6.07) is 4.93. The standard InChI is InChI=1S/C27H33F3N2O2/c1-25-13-6-8-18(25)16-10-11-22-26(2,19(16)12-14-25)15-17(24(34)32(22)3)23(33)31-21-9-5-4-7-20(21)27(28,29)30/h4-5,7,9,11,16-19H,6,8,10,12-15H2,1-3H3,(H,31,33)/t16-,17?,18-,19+,25-,26+/m0/s1. The first-order valence-electron chi connectivity index (χ1n) is 12.4. The van der Waals surface area contributed by atoms with Gasteiger partial charge in [0.2, 0.25) is 11.8 Å². The molecule has 0 spiro atoms. The molecule has 4 nitrogen and oxygen atoms in total. The molecule has 5 rings (SSSR count). The average molecular weight is 475 g/mol. The number of halogens is 3. The van der Waals surface area contributed by atoms with E-state index in [4.69, 9.17) is 0 Å². The van der Waals surface area contributed by atoms with Crippen molar-refractivity contribution in [1.82, 2.24) is 4.90 Å². The zero-order valence-electron chi connectivity index (χ0n) is 20.0. The molecule has 2 saturated carbocycles. The summed E-state index contributed by atoms with van der Waals surface area (Å²) in [6.07, 6.45) is 4.92. The second kappa shape index (κ2) is 7.85. The first-order valence-corrected chi connectivity index (χ1v) is 12.4. The third-order valence-corrected chi connectivity index (χ3v) is 9.63. The van der Waals surface area contributed by atoms with Crippen LogP contribution < -0.4 is 5.32 Å². The number of alkyl halides is 3. The molecule has 1 aromatic rings. The van der Waals surface area contributed by atoms with E-state index in [0.29, 0.717) is 29.6 Å². The molecule has 0 radical (unpaired) electrons. The van der Waals surface area contributed by atoms with Crippen LogP contribution in [0.15, 0.2) is 36.0 Å². The summed E-state index contributed by atoms with van der Waals surface area (Å²) in [4.78, 5) is 28.1. The Hall–Kier alpha value is -2.31. The van der Waals surface area contributed by atoms with Gasteiger partial charge in [0.1, 0.15) is 5.92 Å². The lowest BCUT2D eigenvalue weighted by molar-refractivity contribution is -0.147. The quantitative estimate of drug-likeness (QED) is 0.515. The lowest BCUT2D eigenvalue weighted by atomic mass is 9.49. The van der Waals surface area contributed by atoms with Gasteiger partial charge in [0.25, 0.3) is 0 Å². The van der Waals surface area contributed by atoms with Crippen molar-refractivity contribution >= 4 is 17.5 Å². The Bertz CT molecular complexity index is 1050. The van der Waals surface area contributed by atoms with Gasteiger partial charge in [-0.05, 0) is 73.8 Å². The van der Waals surface area contributed by atoms with Gasteiger partial charge >= 0.3 is 6.18 Å². The molecule has 7 heteroatoms. The maximum atomic E-state index is 13.5. The maximum Gasteiger partial charge on any atom is 0.418 e. The number of allylic oxidation sites excluding steroid dienone is 2. The third kappa shape index (κ3) is 3.49. The third-order valence-electron chi connectivity index (χ3n) is 9.63. The molecule has 184 valence electrons. The number of amides is 2. The lowest BCUT2D eigenvalue weighted by Gasteiger charge is -2.58. The SMILES string of the molecule is CN1C(=O)C(C(=O)Nc2ccccc2C(F)(F)F)C[C@@]2(C)C1=CC[C@@H]1[C@H]2CC[C@]2(C)CCC[C@@H]12. The average Bonchev–Trinajstić information content (AvgIpc) is 3.18. The van der Waals surface area contributed by atoms with E-state index < -0.39 is 23.6 Å². The molecular weight excluding hydrogens is 441 g/mol. The summed E-state index contributed by atoms with van der Waals surface area (Å²) in [5.41, 5.74) is -0.182. The second-order valence-corrected chi connectivity index (χ2v) is 11.4. The molecule has 4 aliphatic rings. The van der Waals surface area contributed by atoms with Crippen molar-refractivity contribution in [2.24, 2.45) is 34.5 Å². The van der Waals surface area contributed by atoms with E-state index in [1.165, 1.54) is 37.5 Å². The number of carbonyl (C=O) groups is 2. The molecule has 1 N–H and O–H groups in total. The number of anilines is 1. The van der Waals surface area contributed by atoms with E-state index in [2.05, 4.69) is 25.2 Å². The molecular formula is C27H33F3N2O2. The van der Waals surface area contributed by atoms with Crippen molar-refractivity contribution in [1.29, 1.82) is 0 Å². The fourth-order valence-electron chi connectivity index (χ4n) is 7.97. The number of piperidine rings is 1. The molecule has 1 aromatic carbocycles. The summed E-state index contributed by atoms with van der Waals surface area (Å²) in [5.74, 6) is -0.440. The monoisotopic (exact) mass is 474 g/mol. The van der Waals surface area contributed by atoms with Crippen LogP contribution in [0.4, 0.5) is 18.9 Å². The number of carbonyl (C=O) groups excluding carboxylic acids is 2. The molecule has 1 aliphatic heterocycles. The van der Waals surface area contributed by atoms with E-state index in [-0.39, 0.29) is 17.0 Å². The van der Waals surface area contributed by atoms with Gasteiger partial charge in [0.05, 0.1) is 11.3 Å². The molecule has 6 atom stereocenters. The second-order valence-electron chi connectivity index (χ2n) is 11.4. The van der Waals surface area contributed by atoms with E-state index in [1.807, 2.05) is 0 Å². The number of benzene rings is 1. The number of fused-ring (bicyclic) bond motifs is 5. The van der Waals surface area contributed by atoms with Crippen LogP contribution in [-0.4, -0.2) is 23.8 Å². The van der Waals surface area contributed by atoms with Crippen LogP contribution in [0.25, 0.3) is 0 Å². The van der Waals surface area contributed by atoms with Gasteiger partial charge in [0.15, 0.2) is 0 Å². The first-order chi connectivity index (χ1) is 16.0. The van der Waals surface area contributed by atoms with Crippen LogP contribution in [-0.2, 0) is 15.8 Å². The van der Waals surface area contributed by atoms with E-state index in [1.54, 1.807) is 11.9 Å². The van der Waals surface area contributed by atoms with Crippen molar-refractivity contribution in [3.05, 3.63) is 41.6 Å². The summed E-state index contributed by atoms with van der Waals surface area (Å²) >= 11 is 0. The summed E-state index contributed by atoms with van der Waals surface area (Å²) in [5, 5.41) is 2.44. The normalized spacial score (nSPS) is 37.4. The number of nitrogens with zero attached hydrogens (tertiary/aromatic N) is 1. The molecule has 1 saturated heterocycles. The van der Waals surface area contributed by atoms with Crippen molar-refractivity contribution in [3.8, 4) is 0 Å². The van der Waals surface area contributed by atoms with Gasteiger partial charge < -0.3 is 10.2 Å². The molecule has 3 fully saturated rings. The molecule has 0 bridgehead atoms. The van der Waals surface area contributed by atoms with E-state index >= 15 is 0 Å². The van der Waals surface area contributed by atoms with Gasteiger partial charge in [-0.2, -0.15) is 13.2 Å². The van der Waals surface area contributed by atoms with Crippen LogP contribution in [0.2, 0.25) is 0 Å². The van der Waals surface area contributed by atoms with Crippen molar-refractivity contribution in [3.63, 3.8) is 0 Å². The zero-order valence-corrected chi connectivity index (χ0v) is 20.0. The highest BCUT2D eigenvalue weighted by Gasteiger charge is 2.59. The Morgan fingerprint density at radius 3 is 2.59 bits per heavy atom. The number of hydrogen-bond donors (Lipinski definition) is 1. The van der Waals surface area contributed by atoms with Gasteiger partial charge in [-0.15, -0.1) is 0 Å². The molecule has 0 aromatic heterocycles. The minimum absolute atomic E-state index is 0.303. The Labute approximate surface area is 199 Å². The van der Waals surface area contributed by atoms with Crippen molar-refractivity contribution in [2.75, 3.05) is 12.4 Å². The summed E-state index contributed by atoms with van der Waals surface area (Å²) < 4.78 is 40.4. The predicted molar refractivity (Wildman–Crippen MR) is 123 cm³/mol. The first kappa shape index (κ1) is 23.4. The maximum absolute atomic E-state index is 13.5. The van der Waals surface area contributed by atoms with Crippen LogP contribution >= 0.6 is 0 Å². The van der Waals surface area contributed by atoms with Gasteiger partial charge in [-0.25, -0.2) is 0 Å². The number of likely N-dealkylation sites (tertiary alicyclic amines) is 1. The highest BCUT2D eigenvalue weighted by molar-refractivity contribution is 6.07. The van der Waals surface area contributed by atoms with Crippen molar-refractivity contribution in [2.45, 2.75) is 65.0 Å². The lowest BCUT2D eigenvalue weighted by Crippen LogP contribution is -2.57. The van der Waals surface area contributed by atoms with Gasteiger partial charge in [-0.3, -0.25) is 9.59 Å². The number of rotatable bonds is 2. The highest BCUT2D eigenvalue weighted by Crippen LogP contribution is 2.64. The minimum Gasteiger partial charge on any atom is -0.325 e. The Balaban J connectivity index is 1.44. The smallest absolute Gasteiger partial charge is 0.325 e. The van der Waals surface area contributed by atoms with E-state index in [9.17, 15) is 22.8 Å². The van der Waals surface area contributed by atoms with E-state index in [0.717, 1.165) is 31.0 Å². The number of para-hydroxylation sites is 1. The minimum atomic E-state index is -4.59. The highest BCUT2D eigenvalue weighted by atomic mass is 19.4. The molecule has 34 heavy (non-hydrogen) atoms. The van der Waals surface area contributed by atoms with Crippen molar-refractivity contribution < 1.29 is 22.8 Å². The molecule has 1 unspecified atom stereocenters. The zero-order chi connectivity index (χ0) is 24.5. The Morgan fingerprint density at radius 2 is 1.85 bits per heavy atom. The predicted octanol–water partition coefficient (Wildman–Crippen LogP) is 6.25. The fraction of sp³-hybridized carbons (Fsp3) is 0.630. The summed E-state index contributed by atoms with van der Waals surface area (Å²) in [6.45, 7) is 4.59. The molecule has 2 amide bonds. The largest absolute Gasteiger partial charge is 0.418 e. The van der Waals surface area contributed by atoms with Crippen LogP contribution in [0.1, 0.15) is 64.4 Å². The van der Waals surface area contributed by atoms with Gasteiger partial charge in [-0.1, -0.05) is 38.5 Å². The number of nitrogens with one attached hydrogen (secondary N) is 1. The van der Waals surface area contributed by atoms with Crippen LogP contribution in [0.3, 0.4) is 0 Å². The number of hydrogen-bond acceptors (Lipinski definition) is 2. The van der Waals surface area contributed by atoms with Gasteiger partial charge in [0, 0.05) is 18.2 Å². The Kier molecular flexibility index (Phi) is 5.41. The van der Waals surface area contributed by atoms with Crippen LogP contribution in [0, 0.1) is 34.5 Å². The molecule has 1 heterocycles.